The van der Waals surface area contributed by atoms with Gasteiger partial charge in [-0.25, -0.2) is 4.98 Å². The summed E-state index contributed by atoms with van der Waals surface area (Å²) < 4.78 is 0. The number of carbonyl (C=O) groups excluding carboxylic acids is 1. The molecule has 0 bridgehead atoms. The Morgan fingerprint density at radius 2 is 1.90 bits per heavy atom. The van der Waals surface area contributed by atoms with E-state index in [1.54, 1.807) is 0 Å². The van der Waals surface area contributed by atoms with Crippen molar-refractivity contribution in [1.29, 1.82) is 0 Å². The number of halogens is 2. The average molecular weight is 445 g/mol. The van der Waals surface area contributed by atoms with Crippen LogP contribution >= 0.6 is 23.2 Å². The molecule has 0 spiro atoms. The number of aryl methyl sites for hydroxylation is 1. The van der Waals surface area contributed by atoms with E-state index in [4.69, 9.17) is 23.2 Å². The van der Waals surface area contributed by atoms with Crippen LogP contribution in [0.15, 0.2) is 36.4 Å². The van der Waals surface area contributed by atoms with E-state index in [0.717, 1.165) is 68.9 Å². The number of nitrogens with one attached hydrogen (secondary N) is 1. The molecule has 7 heteroatoms. The molecule has 1 amide bonds. The number of benzene rings is 1. The van der Waals surface area contributed by atoms with Gasteiger partial charge in [-0.15, -0.1) is 0 Å². The molecule has 0 saturated carbocycles. The molecule has 2 aliphatic heterocycles. The van der Waals surface area contributed by atoms with Gasteiger partial charge < -0.3 is 10.2 Å². The van der Waals surface area contributed by atoms with Crippen molar-refractivity contribution in [3.8, 4) is 0 Å². The molecule has 1 aromatic heterocycles. The minimum Gasteiger partial charge on any atom is -0.368 e. The van der Waals surface area contributed by atoms with E-state index in [9.17, 15) is 4.79 Å². The first-order chi connectivity index (χ1) is 14.6. The van der Waals surface area contributed by atoms with Crippen molar-refractivity contribution in [3.05, 3.63) is 57.7 Å². The van der Waals surface area contributed by atoms with E-state index < -0.39 is 0 Å². The number of pyridine rings is 1. The van der Waals surface area contributed by atoms with Crippen LogP contribution in [0.4, 0.5) is 11.5 Å². The molecule has 5 nitrogen and oxygen atoms in total. The molecule has 30 heavy (non-hydrogen) atoms. The Labute approximate surface area is 187 Å². The molecule has 0 aliphatic carbocycles. The summed E-state index contributed by atoms with van der Waals surface area (Å²) in [6, 6.07) is 9.90. The third-order valence-corrected chi connectivity index (χ3v) is 6.47. The van der Waals surface area contributed by atoms with Crippen molar-refractivity contribution in [2.75, 3.05) is 42.9 Å². The predicted molar refractivity (Wildman–Crippen MR) is 125 cm³/mol. The van der Waals surface area contributed by atoms with Gasteiger partial charge in [0.15, 0.2) is 0 Å². The molecule has 0 unspecified atom stereocenters. The molecule has 1 N–H and O–H groups in total. The van der Waals surface area contributed by atoms with Gasteiger partial charge in [-0.05, 0) is 55.6 Å². The topological polar surface area (TPSA) is 48.5 Å². The lowest BCUT2D eigenvalue weighted by atomic mass is 10.1. The molecule has 1 saturated heterocycles. The number of hydrogen-bond acceptors (Lipinski definition) is 4. The molecule has 1 aromatic carbocycles. The number of amides is 1. The third kappa shape index (κ3) is 5.15. The summed E-state index contributed by atoms with van der Waals surface area (Å²) >= 11 is 12.5. The molecule has 0 radical (unpaired) electrons. The first-order valence-corrected chi connectivity index (χ1v) is 11.2. The van der Waals surface area contributed by atoms with Crippen LogP contribution in [0.5, 0.6) is 0 Å². The van der Waals surface area contributed by atoms with E-state index in [1.165, 1.54) is 0 Å². The first-order valence-electron chi connectivity index (χ1n) is 10.5. The zero-order chi connectivity index (χ0) is 20.9. The minimum absolute atomic E-state index is 0.0499. The summed E-state index contributed by atoms with van der Waals surface area (Å²) in [5, 5.41) is 4.11. The molecular formula is C23H26Cl2N4O. The molecule has 158 valence electrons. The monoisotopic (exact) mass is 444 g/mol. The Bertz CT molecular complexity index is 939. The summed E-state index contributed by atoms with van der Waals surface area (Å²) in [5.74, 6) is 0.764. The number of anilines is 2. The summed E-state index contributed by atoms with van der Waals surface area (Å²) in [6.45, 7) is 5.05. The molecule has 3 heterocycles. The van der Waals surface area contributed by atoms with Crippen LogP contribution in [0.1, 0.15) is 30.5 Å². The number of nitrogens with zero attached hydrogens (tertiary/aromatic N) is 3. The number of unbranched alkanes of at least 4 members (excludes halogenated alkanes) is 1. The Hall–Kier alpha value is -2.08. The Balaban J connectivity index is 1.20. The number of carbonyl (C=O) groups is 1. The first kappa shape index (κ1) is 21.2. The fourth-order valence-corrected chi connectivity index (χ4v) is 4.35. The van der Waals surface area contributed by atoms with Gasteiger partial charge in [0.2, 0.25) is 5.91 Å². The molecular weight excluding hydrogens is 419 g/mol. The average Bonchev–Trinajstić information content (AvgIpc) is 2.76. The second kappa shape index (κ2) is 9.82. The van der Waals surface area contributed by atoms with Gasteiger partial charge in [0.1, 0.15) is 5.82 Å². The fourth-order valence-electron chi connectivity index (χ4n) is 3.93. The van der Waals surface area contributed by atoms with Gasteiger partial charge in [0.05, 0.1) is 21.4 Å². The zero-order valence-electron chi connectivity index (χ0n) is 16.9. The lowest BCUT2D eigenvalue weighted by molar-refractivity contribution is -0.116. The van der Waals surface area contributed by atoms with Gasteiger partial charge in [-0.1, -0.05) is 41.4 Å². The fraction of sp³-hybridized carbons (Fsp3) is 0.391. The predicted octanol–water partition coefficient (Wildman–Crippen LogP) is 4.89. The minimum atomic E-state index is 0.0499. The second-order valence-electron chi connectivity index (χ2n) is 7.74. The van der Waals surface area contributed by atoms with E-state index in [1.807, 2.05) is 30.3 Å². The van der Waals surface area contributed by atoms with Gasteiger partial charge >= 0.3 is 0 Å². The Kier molecular flexibility index (Phi) is 6.93. The lowest BCUT2D eigenvalue weighted by Crippen LogP contribution is -2.46. The highest BCUT2D eigenvalue weighted by Crippen LogP contribution is 2.32. The maximum Gasteiger partial charge on any atom is 0.225 e. The maximum absolute atomic E-state index is 11.5. The largest absolute Gasteiger partial charge is 0.368 e. The van der Waals surface area contributed by atoms with Gasteiger partial charge in [0.25, 0.3) is 0 Å². The van der Waals surface area contributed by atoms with Crippen molar-refractivity contribution in [3.63, 3.8) is 0 Å². The van der Waals surface area contributed by atoms with Crippen LogP contribution in [-0.4, -0.2) is 48.5 Å². The number of hydrogen-bond donors (Lipinski definition) is 1. The number of rotatable bonds is 6. The molecule has 4 rings (SSSR count). The highest BCUT2D eigenvalue weighted by molar-refractivity contribution is 6.43. The van der Waals surface area contributed by atoms with Crippen LogP contribution in [0.2, 0.25) is 10.0 Å². The van der Waals surface area contributed by atoms with Crippen molar-refractivity contribution in [2.24, 2.45) is 0 Å². The van der Waals surface area contributed by atoms with Gasteiger partial charge in [0, 0.05) is 32.6 Å². The highest BCUT2D eigenvalue weighted by Gasteiger charge is 2.19. The van der Waals surface area contributed by atoms with Crippen LogP contribution in [0.3, 0.4) is 0 Å². The summed E-state index contributed by atoms with van der Waals surface area (Å²) in [7, 11) is 0. The number of allylic oxidation sites excluding steroid dienone is 1. The van der Waals surface area contributed by atoms with Crippen LogP contribution in [0, 0.1) is 0 Å². The number of fused-ring (bicyclic) bond motifs is 1. The van der Waals surface area contributed by atoms with E-state index >= 15 is 0 Å². The normalized spacial score (nSPS) is 17.3. The van der Waals surface area contributed by atoms with E-state index in [0.29, 0.717) is 22.3 Å². The van der Waals surface area contributed by atoms with E-state index in [2.05, 4.69) is 32.2 Å². The SMILES string of the molecule is O=C1CCc2ccc(/C=C/CCCN3CCN(c4cccc(Cl)c4Cl)CC3)nc2N1. The van der Waals surface area contributed by atoms with E-state index in [-0.39, 0.29) is 5.91 Å². The molecule has 0 atom stereocenters. The standard InChI is InChI=1S/C23H26Cl2N4O/c24-19-6-4-7-20(22(19)25)29-15-13-28(14-16-29)12-3-1-2-5-18-10-8-17-9-11-21(30)27-23(17)26-18/h2,4-8,10H,1,3,9,11-16H2,(H,26,27,30)/b5-2+. The lowest BCUT2D eigenvalue weighted by Gasteiger charge is -2.36. The smallest absolute Gasteiger partial charge is 0.225 e. The van der Waals surface area contributed by atoms with Crippen LogP contribution < -0.4 is 10.2 Å². The third-order valence-electron chi connectivity index (χ3n) is 5.66. The second-order valence-corrected chi connectivity index (χ2v) is 8.52. The molecule has 1 fully saturated rings. The zero-order valence-corrected chi connectivity index (χ0v) is 18.4. The number of aromatic nitrogens is 1. The van der Waals surface area contributed by atoms with Gasteiger partial charge in [-0.3, -0.25) is 9.69 Å². The van der Waals surface area contributed by atoms with Crippen molar-refractivity contribution in [1.82, 2.24) is 9.88 Å². The van der Waals surface area contributed by atoms with Crippen molar-refractivity contribution in [2.45, 2.75) is 25.7 Å². The summed E-state index contributed by atoms with van der Waals surface area (Å²) in [6.07, 6.45) is 7.64. The van der Waals surface area contributed by atoms with Gasteiger partial charge in [-0.2, -0.15) is 0 Å². The Morgan fingerprint density at radius 3 is 2.73 bits per heavy atom. The maximum atomic E-state index is 11.5. The van der Waals surface area contributed by atoms with Crippen LogP contribution in [-0.2, 0) is 11.2 Å². The van der Waals surface area contributed by atoms with Crippen molar-refractivity contribution >= 4 is 46.7 Å². The summed E-state index contributed by atoms with van der Waals surface area (Å²) in [4.78, 5) is 20.9. The molecule has 2 aliphatic rings. The van der Waals surface area contributed by atoms with Crippen LogP contribution in [0.25, 0.3) is 6.08 Å². The highest BCUT2D eigenvalue weighted by atomic mass is 35.5. The molecule has 2 aromatic rings. The summed E-state index contributed by atoms with van der Waals surface area (Å²) in [5.41, 5.74) is 3.04. The Morgan fingerprint density at radius 1 is 1.07 bits per heavy atom. The van der Waals surface area contributed by atoms with Crippen molar-refractivity contribution < 1.29 is 4.79 Å². The number of piperazine rings is 1. The quantitative estimate of drug-likeness (QED) is 0.644.